The van der Waals surface area contributed by atoms with E-state index < -0.39 is 0 Å². The van der Waals surface area contributed by atoms with Gasteiger partial charge in [-0.1, -0.05) is 0 Å². The maximum absolute atomic E-state index is 12.8. The summed E-state index contributed by atoms with van der Waals surface area (Å²) in [5, 5.41) is 3.05. The van der Waals surface area contributed by atoms with Crippen LogP contribution in [0.25, 0.3) is 0 Å². The molecule has 0 aromatic carbocycles. The predicted molar refractivity (Wildman–Crippen MR) is 89.5 cm³/mol. The van der Waals surface area contributed by atoms with Crippen molar-refractivity contribution in [3.05, 3.63) is 16.1 Å². The molecule has 1 aromatic rings. The van der Waals surface area contributed by atoms with Crippen molar-refractivity contribution in [3.8, 4) is 0 Å². The number of likely N-dealkylation sites (tertiary alicyclic amines) is 2. The zero-order valence-corrected chi connectivity index (χ0v) is 14.8. The molecule has 0 bridgehead atoms. The summed E-state index contributed by atoms with van der Waals surface area (Å²) in [7, 11) is 0. The number of aromatic nitrogens is 1. The van der Waals surface area contributed by atoms with Gasteiger partial charge < -0.3 is 14.5 Å². The highest BCUT2D eigenvalue weighted by atomic mass is 32.1. The number of amides is 2. The monoisotopic (exact) mass is 349 g/mol. The van der Waals surface area contributed by atoms with Gasteiger partial charge in [-0.25, -0.2) is 4.98 Å². The Bertz CT molecular complexity index is 641. The van der Waals surface area contributed by atoms with Crippen LogP contribution in [0.15, 0.2) is 5.38 Å². The third-order valence-electron chi connectivity index (χ3n) is 5.47. The van der Waals surface area contributed by atoms with Crippen molar-refractivity contribution in [3.63, 3.8) is 0 Å². The fourth-order valence-electron chi connectivity index (χ4n) is 4.24. The van der Waals surface area contributed by atoms with Crippen molar-refractivity contribution in [2.75, 3.05) is 19.8 Å². The molecule has 3 aliphatic rings. The third-order valence-corrected chi connectivity index (χ3v) is 6.29. The van der Waals surface area contributed by atoms with Gasteiger partial charge in [0.1, 0.15) is 0 Å². The van der Waals surface area contributed by atoms with E-state index in [9.17, 15) is 9.59 Å². The lowest BCUT2D eigenvalue weighted by Crippen LogP contribution is -2.43. The highest BCUT2D eigenvalue weighted by molar-refractivity contribution is 7.09. The molecule has 3 aliphatic heterocycles. The first-order valence-electron chi connectivity index (χ1n) is 8.72. The Balaban J connectivity index is 1.45. The number of fused-ring (bicyclic) bond motifs is 1. The Morgan fingerprint density at radius 2 is 2.12 bits per heavy atom. The molecule has 0 radical (unpaired) electrons. The van der Waals surface area contributed by atoms with E-state index in [4.69, 9.17) is 4.74 Å². The number of rotatable bonds is 3. The number of nitrogens with zero attached hydrogens (tertiary/aromatic N) is 3. The van der Waals surface area contributed by atoms with Crippen molar-refractivity contribution >= 4 is 23.2 Å². The lowest BCUT2D eigenvalue weighted by atomic mass is 9.98. The van der Waals surface area contributed by atoms with Crippen molar-refractivity contribution in [1.29, 1.82) is 0 Å². The van der Waals surface area contributed by atoms with Gasteiger partial charge in [0, 0.05) is 37.5 Å². The molecule has 130 valence electrons. The van der Waals surface area contributed by atoms with Gasteiger partial charge in [0.2, 0.25) is 11.8 Å². The maximum atomic E-state index is 12.8. The molecule has 3 fully saturated rings. The molecule has 3 saturated heterocycles. The highest BCUT2D eigenvalue weighted by Crippen LogP contribution is 2.35. The second-order valence-corrected chi connectivity index (χ2v) is 7.99. The Morgan fingerprint density at radius 1 is 1.33 bits per heavy atom. The van der Waals surface area contributed by atoms with E-state index in [1.165, 1.54) is 0 Å². The minimum Gasteiger partial charge on any atom is -0.381 e. The summed E-state index contributed by atoms with van der Waals surface area (Å²) >= 11 is 1.61. The van der Waals surface area contributed by atoms with Gasteiger partial charge >= 0.3 is 0 Å². The second kappa shape index (κ2) is 6.44. The summed E-state index contributed by atoms with van der Waals surface area (Å²) in [5.41, 5.74) is 0.959. The summed E-state index contributed by atoms with van der Waals surface area (Å²) in [6, 6.07) is 0.205. The van der Waals surface area contributed by atoms with Crippen LogP contribution < -0.4 is 0 Å². The zero-order chi connectivity index (χ0) is 16.7. The normalized spacial score (nSPS) is 27.8. The molecular formula is C17H23N3O3S. The molecule has 0 spiro atoms. The third kappa shape index (κ3) is 2.84. The van der Waals surface area contributed by atoms with Crippen LogP contribution in [0.1, 0.15) is 36.4 Å². The molecular weight excluding hydrogens is 326 g/mol. The molecule has 0 unspecified atom stereocenters. The van der Waals surface area contributed by atoms with E-state index in [0.717, 1.165) is 36.5 Å². The van der Waals surface area contributed by atoms with Crippen molar-refractivity contribution in [1.82, 2.24) is 14.8 Å². The maximum Gasteiger partial charge on any atom is 0.226 e. The van der Waals surface area contributed by atoms with Crippen molar-refractivity contribution < 1.29 is 14.3 Å². The van der Waals surface area contributed by atoms with Gasteiger partial charge in [0.15, 0.2) is 0 Å². The number of thiazole rings is 1. The Kier molecular flexibility index (Phi) is 4.30. The average Bonchev–Trinajstić information content (AvgIpc) is 3.26. The molecule has 6 nitrogen and oxygen atoms in total. The summed E-state index contributed by atoms with van der Waals surface area (Å²) in [5.74, 6) is 0.452. The number of hydrogen-bond donors (Lipinski definition) is 0. The van der Waals surface area contributed by atoms with E-state index in [0.29, 0.717) is 26.2 Å². The highest BCUT2D eigenvalue weighted by Gasteiger charge is 2.49. The molecule has 1 aromatic heterocycles. The topological polar surface area (TPSA) is 62.7 Å². The predicted octanol–water partition coefficient (Wildman–Crippen LogP) is 1.58. The number of carbonyl (C=O) groups is 2. The lowest BCUT2D eigenvalue weighted by molar-refractivity contribution is -0.139. The minimum atomic E-state index is 0.0487. The second-order valence-electron chi connectivity index (χ2n) is 6.93. The molecule has 2 atom stereocenters. The first-order chi connectivity index (χ1) is 11.6. The van der Waals surface area contributed by atoms with Gasteiger partial charge in [-0.2, -0.15) is 0 Å². The lowest BCUT2D eigenvalue weighted by Gasteiger charge is -2.30. The Morgan fingerprint density at radius 3 is 2.83 bits per heavy atom. The quantitative estimate of drug-likeness (QED) is 0.831. The van der Waals surface area contributed by atoms with Gasteiger partial charge in [-0.3, -0.25) is 9.59 Å². The van der Waals surface area contributed by atoms with Crippen LogP contribution in [0.2, 0.25) is 0 Å². The number of aryl methyl sites for hydroxylation is 1. The van der Waals surface area contributed by atoms with Crippen LogP contribution in [0.4, 0.5) is 0 Å². The van der Waals surface area contributed by atoms with E-state index >= 15 is 0 Å². The number of hydrogen-bond acceptors (Lipinski definition) is 5. The molecule has 7 heteroatoms. The van der Waals surface area contributed by atoms with Gasteiger partial charge in [-0.05, 0) is 26.2 Å². The standard InChI is InChI=1S/C17H23N3O3S/c1-11-18-13(10-24-11)9-20-14-2-5-19(15(14)8-16(20)21)17(22)12-3-6-23-7-4-12/h10,12,14-15H,2-9H2,1H3/t14-,15+/m0/s1. The molecule has 0 aliphatic carbocycles. The van der Waals surface area contributed by atoms with E-state index in [1.54, 1.807) is 11.3 Å². The van der Waals surface area contributed by atoms with Crippen LogP contribution in [0, 0.1) is 12.8 Å². The van der Waals surface area contributed by atoms with Crippen LogP contribution in [0.3, 0.4) is 0 Å². The molecule has 4 heterocycles. The van der Waals surface area contributed by atoms with Crippen molar-refractivity contribution in [2.45, 2.75) is 51.2 Å². The fraction of sp³-hybridized carbons (Fsp3) is 0.706. The van der Waals surface area contributed by atoms with Gasteiger partial charge in [0.05, 0.1) is 29.3 Å². The number of ether oxygens (including phenoxy) is 1. The SMILES string of the molecule is Cc1nc(CN2C(=O)C[C@@H]3[C@@H]2CCN3C(=O)C2CCOCC2)cs1. The summed E-state index contributed by atoms with van der Waals surface area (Å²) in [6.07, 6.45) is 2.96. The van der Waals surface area contributed by atoms with E-state index in [1.807, 2.05) is 22.1 Å². The van der Waals surface area contributed by atoms with Crippen LogP contribution in [-0.4, -0.2) is 58.4 Å². The van der Waals surface area contributed by atoms with Crippen LogP contribution in [-0.2, 0) is 20.9 Å². The van der Waals surface area contributed by atoms with Crippen molar-refractivity contribution in [2.24, 2.45) is 5.92 Å². The first kappa shape index (κ1) is 16.0. The molecule has 2 amide bonds. The first-order valence-corrected chi connectivity index (χ1v) is 9.60. The Labute approximate surface area is 145 Å². The smallest absolute Gasteiger partial charge is 0.226 e. The van der Waals surface area contributed by atoms with Gasteiger partial charge in [0.25, 0.3) is 0 Å². The number of carbonyl (C=O) groups excluding carboxylic acids is 2. The summed E-state index contributed by atoms with van der Waals surface area (Å²) in [4.78, 5) is 33.7. The van der Waals surface area contributed by atoms with Gasteiger partial charge in [-0.15, -0.1) is 11.3 Å². The van der Waals surface area contributed by atoms with Crippen LogP contribution >= 0.6 is 11.3 Å². The molecule has 24 heavy (non-hydrogen) atoms. The zero-order valence-electron chi connectivity index (χ0n) is 13.9. The Hall–Kier alpha value is -1.47. The molecule has 4 rings (SSSR count). The molecule has 0 N–H and O–H groups in total. The van der Waals surface area contributed by atoms with E-state index in [-0.39, 0.29) is 29.8 Å². The largest absolute Gasteiger partial charge is 0.381 e. The molecule has 0 saturated carbocycles. The van der Waals surface area contributed by atoms with E-state index in [2.05, 4.69) is 4.98 Å². The summed E-state index contributed by atoms with van der Waals surface area (Å²) < 4.78 is 5.36. The summed E-state index contributed by atoms with van der Waals surface area (Å²) in [6.45, 7) is 4.67. The average molecular weight is 349 g/mol. The minimum absolute atomic E-state index is 0.0487. The fourth-order valence-corrected chi connectivity index (χ4v) is 4.85. The van der Waals surface area contributed by atoms with Crippen LogP contribution in [0.5, 0.6) is 0 Å².